The summed E-state index contributed by atoms with van der Waals surface area (Å²) in [4.78, 5) is 22.1. The fourth-order valence-corrected chi connectivity index (χ4v) is 5.83. The van der Waals surface area contributed by atoms with Gasteiger partial charge in [-0.3, -0.25) is 9.59 Å². The van der Waals surface area contributed by atoms with Crippen LogP contribution in [0, 0.1) is 17.2 Å². The highest BCUT2D eigenvalue weighted by Gasteiger charge is 2.58. The van der Waals surface area contributed by atoms with E-state index in [-0.39, 0.29) is 38.8 Å². The highest BCUT2D eigenvalue weighted by Crippen LogP contribution is 2.62. The van der Waals surface area contributed by atoms with Crippen molar-refractivity contribution in [2.24, 2.45) is 17.1 Å². The fraction of sp³-hybridized carbons (Fsp3) is 0.636. The summed E-state index contributed by atoms with van der Waals surface area (Å²) in [5, 5.41) is 14.3. The first-order valence-corrected chi connectivity index (χ1v) is 11.2. The largest absolute Gasteiger partial charge is 0.390 e. The predicted octanol–water partition coefficient (Wildman–Crippen LogP) is 4.67. The van der Waals surface area contributed by atoms with E-state index in [9.17, 15) is 19.1 Å². The summed E-state index contributed by atoms with van der Waals surface area (Å²) in [5.74, 6) is -0.830. The third kappa shape index (κ3) is 4.76. The van der Waals surface area contributed by atoms with Crippen LogP contribution in [0.25, 0.3) is 0 Å². The first-order chi connectivity index (χ1) is 14.1. The van der Waals surface area contributed by atoms with Gasteiger partial charge in [0.05, 0.1) is 21.7 Å². The van der Waals surface area contributed by atoms with Crippen LogP contribution in [0.15, 0.2) is 12.1 Å². The molecule has 1 aromatic rings. The van der Waals surface area contributed by atoms with Crippen LogP contribution >= 0.6 is 23.2 Å². The molecule has 3 aliphatic rings. The van der Waals surface area contributed by atoms with Crippen LogP contribution in [-0.2, 0) is 9.59 Å². The zero-order valence-electron chi connectivity index (χ0n) is 17.1. The minimum Gasteiger partial charge on any atom is -0.390 e. The number of fused-ring (bicyclic) bond motifs is 2. The van der Waals surface area contributed by atoms with Crippen molar-refractivity contribution in [3.63, 3.8) is 0 Å². The highest BCUT2D eigenvalue weighted by atomic mass is 35.5. The van der Waals surface area contributed by atoms with E-state index in [1.807, 2.05) is 0 Å². The Kier molecular flexibility index (Phi) is 7.00. The molecule has 8 heteroatoms. The monoisotopic (exact) mass is 458 g/mol. The smallest absolute Gasteiger partial charge is 0.223 e. The van der Waals surface area contributed by atoms with Crippen LogP contribution in [-0.4, -0.2) is 22.5 Å². The lowest BCUT2D eigenvalue weighted by molar-refractivity contribution is -0.126. The van der Waals surface area contributed by atoms with Crippen LogP contribution in [0.2, 0.25) is 10.0 Å². The molecule has 1 aromatic carbocycles. The van der Waals surface area contributed by atoms with Gasteiger partial charge in [0.1, 0.15) is 5.82 Å². The molecule has 0 saturated heterocycles. The molecular formula is C22H29Cl2FN2O3. The summed E-state index contributed by atoms with van der Waals surface area (Å²) in [6.07, 6.45) is 7.30. The number of carbonyl (C=O) groups is 2. The molecule has 0 aromatic heterocycles. The van der Waals surface area contributed by atoms with Crippen molar-refractivity contribution in [3.05, 3.63) is 33.6 Å². The van der Waals surface area contributed by atoms with E-state index in [0.717, 1.165) is 38.5 Å². The summed E-state index contributed by atoms with van der Waals surface area (Å²) in [6, 6.07) is 2.19. The van der Waals surface area contributed by atoms with Gasteiger partial charge in [-0.15, -0.1) is 0 Å². The molecule has 0 spiro atoms. The Morgan fingerprint density at radius 3 is 2.27 bits per heavy atom. The average molecular weight is 459 g/mol. The van der Waals surface area contributed by atoms with Crippen molar-refractivity contribution < 1.29 is 19.1 Å². The van der Waals surface area contributed by atoms with Crippen LogP contribution in [0.4, 0.5) is 4.39 Å². The third-order valence-electron chi connectivity index (χ3n) is 6.85. The molecule has 0 heterocycles. The summed E-state index contributed by atoms with van der Waals surface area (Å²) < 4.78 is 14.8. The Bertz CT molecular complexity index is 815. The fourth-order valence-electron chi connectivity index (χ4n) is 5.40. The zero-order valence-corrected chi connectivity index (χ0v) is 18.7. The molecule has 4 rings (SSSR count). The highest BCUT2D eigenvalue weighted by molar-refractivity contribution is 6.42. The van der Waals surface area contributed by atoms with Crippen LogP contribution in [0.5, 0.6) is 0 Å². The minimum atomic E-state index is -0.697. The van der Waals surface area contributed by atoms with E-state index in [1.165, 1.54) is 19.1 Å². The Labute approximate surface area is 186 Å². The van der Waals surface area contributed by atoms with Gasteiger partial charge in [-0.05, 0) is 62.5 Å². The Hall–Kier alpha value is -1.37. The molecule has 3 saturated carbocycles. The number of halogens is 3. The number of hydrogen-bond donors (Lipinski definition) is 3. The van der Waals surface area contributed by atoms with Gasteiger partial charge < -0.3 is 16.2 Å². The van der Waals surface area contributed by atoms with E-state index in [2.05, 4.69) is 11.1 Å². The summed E-state index contributed by atoms with van der Waals surface area (Å²) in [7, 11) is 0. The van der Waals surface area contributed by atoms with Gasteiger partial charge in [-0.25, -0.2) is 4.39 Å². The molecule has 1 atom stereocenters. The van der Waals surface area contributed by atoms with Crippen LogP contribution in [0.3, 0.4) is 0 Å². The second kappa shape index (κ2) is 9.01. The number of hydrogen-bond acceptors (Lipinski definition) is 3. The Balaban J connectivity index is 0.000000589. The molecule has 166 valence electrons. The van der Waals surface area contributed by atoms with Gasteiger partial charge in [0, 0.05) is 18.4 Å². The van der Waals surface area contributed by atoms with E-state index in [1.54, 1.807) is 0 Å². The number of carbonyl (C=O) groups excluding carboxylic acids is 2. The van der Waals surface area contributed by atoms with Crippen molar-refractivity contribution in [1.82, 2.24) is 5.32 Å². The third-order valence-corrected chi connectivity index (χ3v) is 7.67. The van der Waals surface area contributed by atoms with E-state index in [0.29, 0.717) is 19.3 Å². The minimum absolute atomic E-state index is 0.0170. The quantitative estimate of drug-likeness (QED) is 0.572. The summed E-state index contributed by atoms with van der Waals surface area (Å²) in [6.45, 7) is 1.31. The van der Waals surface area contributed by atoms with E-state index >= 15 is 0 Å². The normalized spacial score (nSPS) is 28.7. The second-order valence-electron chi connectivity index (χ2n) is 9.05. The van der Waals surface area contributed by atoms with Gasteiger partial charge in [0.2, 0.25) is 11.8 Å². The molecule has 0 aliphatic heterocycles. The van der Waals surface area contributed by atoms with Crippen molar-refractivity contribution in [3.8, 4) is 0 Å². The summed E-state index contributed by atoms with van der Waals surface area (Å²) >= 11 is 12.6. The molecule has 1 unspecified atom stereocenters. The first kappa shape index (κ1) is 23.3. The zero-order chi connectivity index (χ0) is 22.1. The number of rotatable bonds is 4. The van der Waals surface area contributed by atoms with Gasteiger partial charge in [0.15, 0.2) is 0 Å². The van der Waals surface area contributed by atoms with Gasteiger partial charge >= 0.3 is 0 Å². The molecule has 3 aliphatic carbocycles. The SMILES string of the molecule is CC(N)=O.O=C(NC(c1c(F)ccc(Cl)c1Cl)C12CCC(O)(CC1)C2)C1CCCC1. The molecule has 0 radical (unpaired) electrons. The van der Waals surface area contributed by atoms with Gasteiger partial charge in [0.25, 0.3) is 0 Å². The topological polar surface area (TPSA) is 92.4 Å². The summed E-state index contributed by atoms with van der Waals surface area (Å²) in [5.41, 5.74) is 3.69. The molecular weight excluding hydrogens is 430 g/mol. The van der Waals surface area contributed by atoms with Crippen LogP contribution in [0.1, 0.15) is 76.3 Å². The van der Waals surface area contributed by atoms with Crippen molar-refractivity contribution >= 4 is 35.0 Å². The Morgan fingerprint density at radius 2 is 1.77 bits per heavy atom. The molecule has 2 amide bonds. The molecule has 5 nitrogen and oxygen atoms in total. The van der Waals surface area contributed by atoms with Crippen molar-refractivity contribution in [2.45, 2.75) is 76.4 Å². The number of aliphatic hydroxyl groups is 1. The van der Waals surface area contributed by atoms with Crippen molar-refractivity contribution in [2.75, 3.05) is 0 Å². The molecule has 4 N–H and O–H groups in total. The average Bonchev–Trinajstić information content (AvgIpc) is 3.39. The number of nitrogens with one attached hydrogen (secondary N) is 1. The lowest BCUT2D eigenvalue weighted by Gasteiger charge is -2.38. The van der Waals surface area contributed by atoms with Gasteiger partial charge in [-0.1, -0.05) is 36.0 Å². The maximum absolute atomic E-state index is 14.8. The standard InChI is InChI=1S/C20H24Cl2FNO2.C2H5NO/c21-13-5-6-14(23)15(16(13)22)17(24-18(25)12-3-1-2-4-12)19-7-9-20(26,11-19)10-8-19;1-2(3)4/h5-6,12,17,26H,1-4,7-11H2,(H,24,25);1H3,(H2,3,4). The van der Waals surface area contributed by atoms with Crippen LogP contribution < -0.4 is 11.1 Å². The maximum atomic E-state index is 14.8. The molecule has 2 bridgehead atoms. The lowest BCUT2D eigenvalue weighted by atomic mass is 9.74. The number of nitrogens with two attached hydrogens (primary N) is 1. The first-order valence-electron chi connectivity index (χ1n) is 10.5. The maximum Gasteiger partial charge on any atom is 0.223 e. The number of primary amides is 1. The molecule has 3 fully saturated rings. The Morgan fingerprint density at radius 1 is 1.20 bits per heavy atom. The second-order valence-corrected chi connectivity index (χ2v) is 9.84. The number of benzene rings is 1. The predicted molar refractivity (Wildman–Crippen MR) is 115 cm³/mol. The van der Waals surface area contributed by atoms with Crippen molar-refractivity contribution in [1.29, 1.82) is 0 Å². The molecule has 30 heavy (non-hydrogen) atoms. The van der Waals surface area contributed by atoms with E-state index < -0.39 is 17.5 Å². The lowest BCUT2D eigenvalue weighted by Crippen LogP contribution is -2.42. The van der Waals surface area contributed by atoms with E-state index in [4.69, 9.17) is 23.2 Å². The van der Waals surface area contributed by atoms with Gasteiger partial charge in [-0.2, -0.15) is 0 Å². The number of amides is 2.